The first-order valence-electron chi connectivity index (χ1n) is 5.55. The zero-order valence-corrected chi connectivity index (χ0v) is 10.2. The summed E-state index contributed by atoms with van der Waals surface area (Å²) in [6.45, 7) is 1.62. The van der Waals surface area contributed by atoms with Crippen LogP contribution in [-0.4, -0.2) is 16.1 Å². The highest BCUT2D eigenvalue weighted by Crippen LogP contribution is 2.29. The average molecular weight is 253 g/mol. The van der Waals surface area contributed by atoms with E-state index < -0.39 is 5.97 Å². The summed E-state index contributed by atoms with van der Waals surface area (Å²) in [6, 6.07) is 10.8. The third-order valence-electron chi connectivity index (χ3n) is 2.80. The number of anilines is 1. The van der Waals surface area contributed by atoms with Gasteiger partial charge >= 0.3 is 5.97 Å². The number of nitrogen functional groups attached to an aromatic ring is 1. The molecule has 0 amide bonds. The van der Waals surface area contributed by atoms with Crippen LogP contribution < -0.4 is 5.73 Å². The molecule has 0 aliphatic heterocycles. The summed E-state index contributed by atoms with van der Waals surface area (Å²) in [6.07, 6.45) is 0. The van der Waals surface area contributed by atoms with Crippen molar-refractivity contribution in [3.63, 3.8) is 0 Å². The number of hydrogen-bond acceptors (Lipinski definition) is 4. The predicted octanol–water partition coefficient (Wildman–Crippen LogP) is 2.21. The van der Waals surface area contributed by atoms with Gasteiger partial charge in [-0.05, 0) is 6.92 Å². The van der Waals surface area contributed by atoms with E-state index in [0.29, 0.717) is 17.0 Å². The van der Waals surface area contributed by atoms with Crippen molar-refractivity contribution >= 4 is 11.7 Å². The van der Waals surface area contributed by atoms with Crippen molar-refractivity contribution < 1.29 is 9.90 Å². The minimum absolute atomic E-state index is 0.0122. The van der Waals surface area contributed by atoms with Crippen LogP contribution in [0.15, 0.2) is 30.3 Å². The molecule has 0 spiro atoms. The van der Waals surface area contributed by atoms with E-state index in [-0.39, 0.29) is 16.8 Å². The summed E-state index contributed by atoms with van der Waals surface area (Å²) in [5, 5.41) is 18.4. The monoisotopic (exact) mass is 253 g/mol. The van der Waals surface area contributed by atoms with Gasteiger partial charge in [-0.3, -0.25) is 0 Å². The molecule has 0 unspecified atom stereocenters. The van der Waals surface area contributed by atoms with Crippen molar-refractivity contribution in [3.8, 4) is 17.3 Å². The van der Waals surface area contributed by atoms with Crippen molar-refractivity contribution in [2.75, 3.05) is 5.73 Å². The van der Waals surface area contributed by atoms with Gasteiger partial charge in [0, 0.05) is 5.56 Å². The highest BCUT2D eigenvalue weighted by atomic mass is 16.4. The first-order chi connectivity index (χ1) is 9.06. The molecule has 2 rings (SSSR count). The number of aromatic carboxylic acids is 1. The fraction of sp³-hybridized carbons (Fsp3) is 0.0714. The van der Waals surface area contributed by atoms with E-state index in [0.717, 1.165) is 0 Å². The second-order valence-electron chi connectivity index (χ2n) is 3.99. The highest BCUT2D eigenvalue weighted by Gasteiger charge is 2.21. The van der Waals surface area contributed by atoms with Gasteiger partial charge in [0.15, 0.2) is 0 Å². The van der Waals surface area contributed by atoms with E-state index in [4.69, 9.17) is 5.73 Å². The van der Waals surface area contributed by atoms with Crippen molar-refractivity contribution in [2.45, 2.75) is 6.92 Å². The number of carboxylic acids is 1. The maximum absolute atomic E-state index is 11.3. The lowest BCUT2D eigenvalue weighted by Crippen LogP contribution is -2.10. The molecule has 2 aromatic rings. The smallest absolute Gasteiger partial charge is 0.339 e. The van der Waals surface area contributed by atoms with Crippen LogP contribution in [0.3, 0.4) is 0 Å². The van der Waals surface area contributed by atoms with Crippen molar-refractivity contribution in [3.05, 3.63) is 47.2 Å². The average Bonchev–Trinajstić information content (AvgIpc) is 2.41. The van der Waals surface area contributed by atoms with Crippen LogP contribution in [0, 0.1) is 18.3 Å². The zero-order chi connectivity index (χ0) is 14.0. The Morgan fingerprint density at radius 1 is 1.37 bits per heavy atom. The number of aryl methyl sites for hydroxylation is 1. The maximum atomic E-state index is 11.3. The third kappa shape index (κ3) is 2.11. The molecule has 0 saturated carbocycles. The number of benzene rings is 1. The molecule has 1 heterocycles. The number of aromatic nitrogens is 1. The van der Waals surface area contributed by atoms with Crippen LogP contribution in [0.25, 0.3) is 11.3 Å². The topological polar surface area (TPSA) is 100 Å². The predicted molar refractivity (Wildman–Crippen MR) is 70.5 cm³/mol. The number of rotatable bonds is 2. The Morgan fingerprint density at radius 2 is 2.00 bits per heavy atom. The summed E-state index contributed by atoms with van der Waals surface area (Å²) in [5.41, 5.74) is 6.97. The van der Waals surface area contributed by atoms with Gasteiger partial charge in [0.05, 0.1) is 22.6 Å². The standard InChI is InChI=1S/C14H11N3O2/c1-8-12(16)11(14(18)19)10(7-15)13(17-8)9-5-3-2-4-6-9/h2-6H,16H2,1H3,(H,18,19). The number of nitriles is 1. The van der Waals surface area contributed by atoms with Crippen LogP contribution in [0.5, 0.6) is 0 Å². The normalized spacial score (nSPS) is 9.89. The third-order valence-corrected chi connectivity index (χ3v) is 2.80. The molecular weight excluding hydrogens is 242 g/mol. The highest BCUT2D eigenvalue weighted by molar-refractivity contribution is 5.99. The van der Waals surface area contributed by atoms with Gasteiger partial charge in [0.2, 0.25) is 0 Å². The Bertz CT molecular complexity index is 688. The Kier molecular flexibility index (Phi) is 3.17. The van der Waals surface area contributed by atoms with Crippen molar-refractivity contribution in [2.24, 2.45) is 0 Å². The Morgan fingerprint density at radius 3 is 2.53 bits per heavy atom. The zero-order valence-electron chi connectivity index (χ0n) is 10.2. The van der Waals surface area contributed by atoms with Gasteiger partial charge in [0.1, 0.15) is 11.6 Å². The fourth-order valence-corrected chi connectivity index (χ4v) is 1.85. The van der Waals surface area contributed by atoms with E-state index in [2.05, 4.69) is 4.98 Å². The van der Waals surface area contributed by atoms with Gasteiger partial charge < -0.3 is 10.8 Å². The summed E-state index contributed by atoms with van der Waals surface area (Å²) in [7, 11) is 0. The second-order valence-corrected chi connectivity index (χ2v) is 3.99. The van der Waals surface area contributed by atoms with Gasteiger partial charge in [-0.25, -0.2) is 9.78 Å². The molecule has 94 valence electrons. The molecule has 1 aromatic heterocycles. The summed E-state index contributed by atoms with van der Waals surface area (Å²) in [4.78, 5) is 15.5. The molecule has 5 nitrogen and oxygen atoms in total. The molecular formula is C14H11N3O2. The first kappa shape index (κ1) is 12.6. The summed E-state index contributed by atoms with van der Waals surface area (Å²) < 4.78 is 0. The van der Waals surface area contributed by atoms with E-state index in [1.54, 1.807) is 31.2 Å². The number of carbonyl (C=O) groups is 1. The maximum Gasteiger partial charge on any atom is 0.339 e. The number of nitrogens with zero attached hydrogens (tertiary/aromatic N) is 2. The van der Waals surface area contributed by atoms with Crippen LogP contribution >= 0.6 is 0 Å². The van der Waals surface area contributed by atoms with Crippen LogP contribution in [0.1, 0.15) is 21.6 Å². The van der Waals surface area contributed by atoms with E-state index in [1.807, 2.05) is 12.1 Å². The molecule has 0 atom stereocenters. The lowest BCUT2D eigenvalue weighted by atomic mass is 9.99. The lowest BCUT2D eigenvalue weighted by Gasteiger charge is -2.11. The largest absolute Gasteiger partial charge is 0.478 e. The van der Waals surface area contributed by atoms with Crippen LogP contribution in [0.2, 0.25) is 0 Å². The molecule has 1 aromatic carbocycles. The van der Waals surface area contributed by atoms with Crippen LogP contribution in [-0.2, 0) is 0 Å². The lowest BCUT2D eigenvalue weighted by molar-refractivity contribution is 0.0697. The Hall–Kier alpha value is -2.87. The van der Waals surface area contributed by atoms with Gasteiger partial charge in [-0.1, -0.05) is 30.3 Å². The Labute approximate surface area is 109 Å². The van der Waals surface area contributed by atoms with Gasteiger partial charge in [-0.2, -0.15) is 5.26 Å². The summed E-state index contributed by atoms with van der Waals surface area (Å²) in [5.74, 6) is -1.23. The number of carboxylic acid groups (broad SMARTS) is 1. The number of hydrogen-bond donors (Lipinski definition) is 2. The fourth-order valence-electron chi connectivity index (χ4n) is 1.85. The molecule has 0 aliphatic rings. The second kappa shape index (κ2) is 4.78. The molecule has 0 fully saturated rings. The molecule has 19 heavy (non-hydrogen) atoms. The number of pyridine rings is 1. The Balaban J connectivity index is 2.84. The molecule has 0 radical (unpaired) electrons. The van der Waals surface area contributed by atoms with Gasteiger partial charge in [0.25, 0.3) is 0 Å². The number of nitrogens with two attached hydrogens (primary N) is 1. The molecule has 3 N–H and O–H groups in total. The van der Waals surface area contributed by atoms with E-state index in [1.165, 1.54) is 0 Å². The quantitative estimate of drug-likeness (QED) is 0.854. The van der Waals surface area contributed by atoms with E-state index in [9.17, 15) is 15.2 Å². The van der Waals surface area contributed by atoms with Crippen LogP contribution in [0.4, 0.5) is 5.69 Å². The SMILES string of the molecule is Cc1nc(-c2ccccc2)c(C#N)c(C(=O)O)c1N. The van der Waals surface area contributed by atoms with Gasteiger partial charge in [-0.15, -0.1) is 0 Å². The summed E-state index contributed by atoms with van der Waals surface area (Å²) >= 11 is 0. The van der Waals surface area contributed by atoms with Crippen molar-refractivity contribution in [1.29, 1.82) is 5.26 Å². The van der Waals surface area contributed by atoms with Crippen molar-refractivity contribution in [1.82, 2.24) is 4.98 Å². The molecule has 0 saturated heterocycles. The minimum Gasteiger partial charge on any atom is -0.478 e. The first-order valence-corrected chi connectivity index (χ1v) is 5.55. The van der Waals surface area contributed by atoms with E-state index >= 15 is 0 Å². The molecule has 0 aliphatic carbocycles. The molecule has 0 bridgehead atoms. The minimum atomic E-state index is -1.23. The molecule has 5 heteroatoms.